The van der Waals surface area contributed by atoms with Gasteiger partial charge >= 0.3 is 0 Å². The van der Waals surface area contributed by atoms with Gasteiger partial charge < -0.3 is 24.0 Å². The van der Waals surface area contributed by atoms with Crippen molar-refractivity contribution in [1.29, 1.82) is 5.26 Å². The van der Waals surface area contributed by atoms with Crippen molar-refractivity contribution in [3.8, 4) is 17.6 Å². The quantitative estimate of drug-likeness (QED) is 0.633. The van der Waals surface area contributed by atoms with Gasteiger partial charge in [0.1, 0.15) is 5.41 Å². The zero-order chi connectivity index (χ0) is 21.5. The van der Waals surface area contributed by atoms with E-state index in [1.165, 1.54) is 28.7 Å². The molecule has 0 spiro atoms. The van der Waals surface area contributed by atoms with E-state index < -0.39 is 16.3 Å². The summed E-state index contributed by atoms with van der Waals surface area (Å²) >= 11 is 0. The predicted octanol–water partition coefficient (Wildman–Crippen LogP) is 2.41. The van der Waals surface area contributed by atoms with Crippen LogP contribution in [0.3, 0.4) is 0 Å². The van der Waals surface area contributed by atoms with Crippen molar-refractivity contribution in [2.45, 2.75) is 24.3 Å². The molecule has 8 nitrogen and oxygen atoms in total. The minimum atomic E-state index is -1.17. The fraction of sp³-hybridized carbons (Fsp3) is 0.550. The van der Waals surface area contributed by atoms with Crippen molar-refractivity contribution in [2.75, 3.05) is 39.9 Å². The van der Waals surface area contributed by atoms with Gasteiger partial charge in [-0.05, 0) is 24.6 Å². The van der Waals surface area contributed by atoms with Gasteiger partial charge in [0.25, 0.3) is 5.91 Å². The topological polar surface area (TPSA) is 92.1 Å². The van der Waals surface area contributed by atoms with Crippen molar-refractivity contribution < 1.29 is 23.8 Å². The Balaban J connectivity index is 1.90. The number of methoxy groups -OCH3 is 1. The van der Waals surface area contributed by atoms with Crippen LogP contribution in [0, 0.1) is 16.7 Å². The van der Waals surface area contributed by atoms with Gasteiger partial charge in [0, 0.05) is 27.1 Å². The summed E-state index contributed by atoms with van der Waals surface area (Å²) < 4.78 is 16.4. The first kappa shape index (κ1) is 21.2. The highest BCUT2D eigenvalue weighted by Gasteiger charge is 2.68. The van der Waals surface area contributed by atoms with E-state index >= 15 is 0 Å². The van der Waals surface area contributed by atoms with Crippen LogP contribution >= 0.6 is 21.6 Å². The second-order valence-electron chi connectivity index (χ2n) is 7.61. The number of likely N-dealkylation sites (N-methyl/N-ethyl adjacent to an activating group) is 1. The Morgan fingerprint density at radius 1 is 1.43 bits per heavy atom. The number of carbonyl (C=O) groups is 2. The largest absolute Gasteiger partial charge is 0.454 e. The summed E-state index contributed by atoms with van der Waals surface area (Å²) in [7, 11) is 5.99. The van der Waals surface area contributed by atoms with Crippen LogP contribution in [0.5, 0.6) is 11.5 Å². The van der Waals surface area contributed by atoms with E-state index in [1.54, 1.807) is 29.0 Å². The number of hydrogen-bond donors (Lipinski definition) is 0. The normalized spacial score (nSPS) is 29.5. The molecule has 3 aliphatic rings. The third-order valence-electron chi connectivity index (χ3n) is 5.87. The SMILES string of the molecule is CCN(C)C(=O)[C@@]12C[C@@](C#N)(COC)[C@H](c3ccc4c(c3)OCO4)N1C(=O)CSS2. The lowest BCUT2D eigenvalue weighted by atomic mass is 9.78. The molecule has 0 aliphatic carbocycles. The van der Waals surface area contributed by atoms with E-state index in [1.807, 2.05) is 13.0 Å². The van der Waals surface area contributed by atoms with Crippen molar-refractivity contribution >= 4 is 33.4 Å². The molecule has 2 fully saturated rings. The first-order chi connectivity index (χ1) is 14.4. The van der Waals surface area contributed by atoms with Crippen LogP contribution in [-0.2, 0) is 14.3 Å². The number of amides is 2. The zero-order valence-electron chi connectivity index (χ0n) is 17.0. The number of rotatable bonds is 5. The summed E-state index contributed by atoms with van der Waals surface area (Å²) in [6.07, 6.45) is 0.191. The van der Waals surface area contributed by atoms with E-state index in [2.05, 4.69) is 6.07 Å². The molecule has 3 atom stereocenters. The lowest BCUT2D eigenvalue weighted by Gasteiger charge is -2.43. The van der Waals surface area contributed by atoms with E-state index in [0.717, 1.165) is 5.56 Å². The zero-order valence-corrected chi connectivity index (χ0v) is 18.7. The molecule has 3 heterocycles. The van der Waals surface area contributed by atoms with Gasteiger partial charge in [0.2, 0.25) is 12.7 Å². The molecule has 10 heteroatoms. The van der Waals surface area contributed by atoms with Crippen LogP contribution < -0.4 is 9.47 Å². The van der Waals surface area contributed by atoms with Crippen LogP contribution in [0.1, 0.15) is 24.9 Å². The smallest absolute Gasteiger partial charge is 0.259 e. The Morgan fingerprint density at radius 3 is 2.90 bits per heavy atom. The molecule has 1 aromatic rings. The minimum absolute atomic E-state index is 0.0997. The summed E-state index contributed by atoms with van der Waals surface area (Å²) in [6, 6.07) is 7.20. The van der Waals surface area contributed by atoms with E-state index in [0.29, 0.717) is 18.0 Å². The highest BCUT2D eigenvalue weighted by molar-refractivity contribution is 8.77. The van der Waals surface area contributed by atoms with E-state index in [-0.39, 0.29) is 37.4 Å². The molecule has 0 saturated carbocycles. The van der Waals surface area contributed by atoms with Gasteiger partial charge in [-0.3, -0.25) is 9.59 Å². The van der Waals surface area contributed by atoms with Gasteiger partial charge in [-0.1, -0.05) is 27.7 Å². The fourth-order valence-electron chi connectivity index (χ4n) is 4.45. The van der Waals surface area contributed by atoms with Gasteiger partial charge in [0.05, 0.1) is 24.5 Å². The molecule has 0 N–H and O–H groups in total. The van der Waals surface area contributed by atoms with Gasteiger partial charge in [-0.15, -0.1) is 0 Å². The standard InChI is InChI=1S/C20H23N3O5S2/c1-4-22(2)18(25)20-9-19(10-21,11-26-3)17(23(20)16(24)8-29-30-20)13-5-6-14-15(7-13)28-12-27-14/h5-7,17H,4,8-9,11-12H2,1-3H3/t17-,19+,20-/m0/s1. The molecule has 1 aromatic carbocycles. The molecule has 0 radical (unpaired) electrons. The van der Waals surface area contributed by atoms with Crippen LogP contribution in [0.2, 0.25) is 0 Å². The lowest BCUT2D eigenvalue weighted by molar-refractivity contribution is -0.145. The Labute approximate surface area is 183 Å². The minimum Gasteiger partial charge on any atom is -0.454 e. The Kier molecular flexibility index (Phi) is 5.55. The fourth-order valence-corrected chi connectivity index (χ4v) is 7.48. The molecule has 30 heavy (non-hydrogen) atoms. The average molecular weight is 450 g/mol. The molecule has 160 valence electrons. The first-order valence-electron chi connectivity index (χ1n) is 9.60. The van der Waals surface area contributed by atoms with Gasteiger partial charge in [0.15, 0.2) is 16.4 Å². The Hall–Kier alpha value is -2.09. The van der Waals surface area contributed by atoms with Gasteiger partial charge in [-0.25, -0.2) is 0 Å². The highest BCUT2D eigenvalue weighted by Crippen LogP contribution is 2.63. The first-order valence-corrected chi connectivity index (χ1v) is 11.9. The molecule has 0 bridgehead atoms. The number of nitriles is 1. The maximum Gasteiger partial charge on any atom is 0.259 e. The summed E-state index contributed by atoms with van der Waals surface area (Å²) in [4.78, 5) is 28.9. The maximum atomic E-state index is 13.6. The summed E-state index contributed by atoms with van der Waals surface area (Å²) in [5, 5.41) is 10.3. The molecule has 0 unspecified atom stereocenters. The monoisotopic (exact) mass is 449 g/mol. The van der Waals surface area contributed by atoms with Crippen LogP contribution in [0.4, 0.5) is 0 Å². The summed E-state index contributed by atoms with van der Waals surface area (Å²) in [5.41, 5.74) is -0.354. The summed E-state index contributed by atoms with van der Waals surface area (Å²) in [5.74, 6) is 1.10. The number of benzene rings is 1. The molecular formula is C20H23N3O5S2. The van der Waals surface area contributed by atoms with E-state index in [4.69, 9.17) is 14.2 Å². The Morgan fingerprint density at radius 2 is 2.20 bits per heavy atom. The van der Waals surface area contributed by atoms with Crippen molar-refractivity contribution in [3.63, 3.8) is 0 Å². The highest BCUT2D eigenvalue weighted by atomic mass is 33.1. The molecule has 4 rings (SSSR count). The van der Waals surface area contributed by atoms with E-state index in [9.17, 15) is 14.9 Å². The molecule has 2 saturated heterocycles. The molecular weight excluding hydrogens is 426 g/mol. The second kappa shape index (κ2) is 7.87. The number of fused-ring (bicyclic) bond motifs is 2. The second-order valence-corrected chi connectivity index (χ2v) is 10.2. The third kappa shape index (κ3) is 3.02. The van der Waals surface area contributed by atoms with Crippen LogP contribution in [0.15, 0.2) is 18.2 Å². The van der Waals surface area contributed by atoms with Crippen molar-refractivity contribution in [2.24, 2.45) is 5.41 Å². The maximum absolute atomic E-state index is 13.6. The Bertz CT molecular complexity index is 922. The van der Waals surface area contributed by atoms with Crippen molar-refractivity contribution in [3.05, 3.63) is 23.8 Å². The van der Waals surface area contributed by atoms with Crippen LogP contribution in [-0.4, -0.2) is 66.3 Å². The molecule has 3 aliphatic heterocycles. The molecule has 0 aromatic heterocycles. The predicted molar refractivity (Wildman–Crippen MR) is 113 cm³/mol. The number of carbonyl (C=O) groups excluding carboxylic acids is 2. The summed E-state index contributed by atoms with van der Waals surface area (Å²) in [6.45, 7) is 2.62. The third-order valence-corrected chi connectivity index (χ3v) is 8.67. The van der Waals surface area contributed by atoms with Crippen LogP contribution in [0.25, 0.3) is 0 Å². The average Bonchev–Trinajstić information content (AvgIpc) is 3.34. The molecule has 2 amide bonds. The lowest BCUT2D eigenvalue weighted by Crippen LogP contribution is -2.57. The van der Waals surface area contributed by atoms with Crippen molar-refractivity contribution in [1.82, 2.24) is 9.80 Å². The number of ether oxygens (including phenoxy) is 3. The number of nitrogens with zero attached hydrogens (tertiary/aromatic N) is 3. The number of hydrogen-bond acceptors (Lipinski definition) is 8. The van der Waals surface area contributed by atoms with Gasteiger partial charge in [-0.2, -0.15) is 5.26 Å².